The van der Waals surface area contributed by atoms with E-state index in [1.54, 1.807) is 0 Å². The van der Waals surface area contributed by atoms with Gasteiger partial charge >= 0.3 is 0 Å². The third-order valence-corrected chi connectivity index (χ3v) is 1.95. The van der Waals surface area contributed by atoms with E-state index in [1.807, 2.05) is 61.0 Å². The van der Waals surface area contributed by atoms with Crippen LogP contribution in [0.4, 0.5) is 0 Å². The van der Waals surface area contributed by atoms with E-state index in [0.29, 0.717) is 0 Å². The van der Waals surface area contributed by atoms with Crippen LogP contribution in [0.1, 0.15) is 44.8 Å². The quantitative estimate of drug-likeness (QED) is 0.765. The summed E-state index contributed by atoms with van der Waals surface area (Å²) in [6, 6.07) is 0. The van der Waals surface area contributed by atoms with Crippen LogP contribution in [0.15, 0.2) is 18.9 Å². The van der Waals surface area contributed by atoms with E-state index in [0.717, 1.165) is 30.0 Å². The molecule has 3 nitrogen and oxygen atoms in total. The van der Waals surface area contributed by atoms with Gasteiger partial charge in [-0.3, -0.25) is 0 Å². The molecule has 0 atom stereocenters. The maximum atomic E-state index is 4.43. The zero-order valence-electron chi connectivity index (χ0n) is 13.1. The molecule has 0 aromatic carbocycles. The Morgan fingerprint density at radius 2 is 1.78 bits per heavy atom. The van der Waals surface area contributed by atoms with Gasteiger partial charge in [0.25, 0.3) is 0 Å². The molecule has 0 saturated carbocycles. The molecule has 0 N–H and O–H groups in total. The smallest absolute Gasteiger partial charge is 0.142 e. The summed E-state index contributed by atoms with van der Waals surface area (Å²) >= 11 is 0. The molecule has 18 heavy (non-hydrogen) atoms. The Kier molecular flexibility index (Phi) is 13.0. The standard InChI is InChI=1S/C11H17N3.2C2H6/c1-5-6-10-7-12-11(8-14(3)4)13-9(10)2;2*1-2/h5,7H,1,6,8H2,2-4H3;2*1-2H3. The van der Waals surface area contributed by atoms with Crippen molar-refractivity contribution in [3.05, 3.63) is 35.9 Å². The summed E-state index contributed by atoms with van der Waals surface area (Å²) in [7, 11) is 4.02. The molecule has 1 heterocycles. The van der Waals surface area contributed by atoms with Gasteiger partial charge in [-0.15, -0.1) is 6.58 Å². The molecule has 0 amide bonds. The zero-order chi connectivity index (χ0) is 14.6. The second-order valence-electron chi connectivity index (χ2n) is 3.63. The predicted molar refractivity (Wildman–Crippen MR) is 80.8 cm³/mol. The molecular formula is C15H29N3. The Morgan fingerprint density at radius 3 is 2.17 bits per heavy atom. The minimum atomic E-state index is 0.787. The van der Waals surface area contributed by atoms with E-state index in [1.165, 1.54) is 0 Å². The summed E-state index contributed by atoms with van der Waals surface area (Å²) < 4.78 is 0. The summed E-state index contributed by atoms with van der Waals surface area (Å²) in [5, 5.41) is 0. The van der Waals surface area contributed by atoms with Gasteiger partial charge in [-0.25, -0.2) is 9.97 Å². The van der Waals surface area contributed by atoms with Gasteiger partial charge in [0, 0.05) is 11.9 Å². The molecule has 1 rings (SSSR count). The van der Waals surface area contributed by atoms with Gasteiger partial charge in [0.2, 0.25) is 0 Å². The minimum Gasteiger partial charge on any atom is -0.302 e. The lowest BCUT2D eigenvalue weighted by Gasteiger charge is -2.09. The SMILES string of the molecule is C=CCc1cnc(CN(C)C)nc1C.CC.CC. The maximum Gasteiger partial charge on any atom is 0.142 e. The average molecular weight is 251 g/mol. The van der Waals surface area contributed by atoms with Crippen molar-refractivity contribution in [1.82, 2.24) is 14.9 Å². The van der Waals surface area contributed by atoms with E-state index in [4.69, 9.17) is 0 Å². The second kappa shape index (κ2) is 12.2. The third kappa shape index (κ3) is 7.96. The normalized spacial score (nSPS) is 8.89. The lowest BCUT2D eigenvalue weighted by Crippen LogP contribution is -2.14. The van der Waals surface area contributed by atoms with Crippen molar-refractivity contribution in [3.8, 4) is 0 Å². The monoisotopic (exact) mass is 251 g/mol. The van der Waals surface area contributed by atoms with Gasteiger partial charge in [0.1, 0.15) is 5.82 Å². The molecule has 0 aliphatic carbocycles. The van der Waals surface area contributed by atoms with Gasteiger partial charge in [-0.2, -0.15) is 0 Å². The molecule has 0 radical (unpaired) electrons. The lowest BCUT2D eigenvalue weighted by atomic mass is 10.2. The summed E-state index contributed by atoms with van der Waals surface area (Å²) in [5.74, 6) is 0.875. The Labute approximate surface area is 113 Å². The molecule has 0 bridgehead atoms. The van der Waals surface area contributed by atoms with E-state index in [2.05, 4.69) is 21.4 Å². The van der Waals surface area contributed by atoms with Crippen LogP contribution in [0.5, 0.6) is 0 Å². The average Bonchev–Trinajstić information content (AvgIpc) is 2.37. The Hall–Kier alpha value is -1.22. The fourth-order valence-electron chi connectivity index (χ4n) is 1.26. The van der Waals surface area contributed by atoms with Gasteiger partial charge in [0.15, 0.2) is 0 Å². The number of aryl methyl sites for hydroxylation is 1. The highest BCUT2D eigenvalue weighted by Gasteiger charge is 2.02. The van der Waals surface area contributed by atoms with Crippen molar-refractivity contribution in [2.24, 2.45) is 0 Å². The summed E-state index contributed by atoms with van der Waals surface area (Å²) in [5.41, 5.74) is 2.21. The number of hydrogen-bond donors (Lipinski definition) is 0. The van der Waals surface area contributed by atoms with Crippen LogP contribution in [0, 0.1) is 6.92 Å². The molecule has 104 valence electrons. The highest BCUT2D eigenvalue weighted by molar-refractivity contribution is 5.18. The molecular weight excluding hydrogens is 222 g/mol. The molecule has 1 aromatic rings. The molecule has 0 fully saturated rings. The van der Waals surface area contributed by atoms with E-state index in [-0.39, 0.29) is 0 Å². The minimum absolute atomic E-state index is 0.787. The number of nitrogens with zero attached hydrogens (tertiary/aromatic N) is 3. The van der Waals surface area contributed by atoms with Crippen LogP contribution in [0.25, 0.3) is 0 Å². The van der Waals surface area contributed by atoms with Crippen molar-refractivity contribution in [2.75, 3.05) is 14.1 Å². The lowest BCUT2D eigenvalue weighted by molar-refractivity contribution is 0.389. The van der Waals surface area contributed by atoms with Crippen LogP contribution < -0.4 is 0 Å². The van der Waals surface area contributed by atoms with Gasteiger partial charge in [0.05, 0.1) is 6.54 Å². The Bertz CT molecular complexity index is 320. The van der Waals surface area contributed by atoms with Crippen LogP contribution in [0.3, 0.4) is 0 Å². The first-order valence-corrected chi connectivity index (χ1v) is 6.70. The van der Waals surface area contributed by atoms with Crippen molar-refractivity contribution < 1.29 is 0 Å². The summed E-state index contributed by atoms with van der Waals surface area (Å²) in [4.78, 5) is 10.8. The van der Waals surface area contributed by atoms with Crippen molar-refractivity contribution in [2.45, 2.75) is 47.6 Å². The fourth-order valence-corrected chi connectivity index (χ4v) is 1.26. The van der Waals surface area contributed by atoms with Crippen LogP contribution in [-0.2, 0) is 13.0 Å². The zero-order valence-corrected chi connectivity index (χ0v) is 13.1. The molecule has 3 heteroatoms. The van der Waals surface area contributed by atoms with Crippen LogP contribution >= 0.6 is 0 Å². The van der Waals surface area contributed by atoms with Gasteiger partial charge in [-0.05, 0) is 33.0 Å². The summed E-state index contributed by atoms with van der Waals surface area (Å²) in [6.07, 6.45) is 4.61. The highest BCUT2D eigenvalue weighted by atomic mass is 15.1. The topological polar surface area (TPSA) is 29.0 Å². The first-order chi connectivity index (χ1) is 8.63. The molecule has 1 aromatic heterocycles. The van der Waals surface area contributed by atoms with Crippen molar-refractivity contribution in [1.29, 1.82) is 0 Å². The number of aromatic nitrogens is 2. The molecule has 0 aliphatic heterocycles. The second-order valence-corrected chi connectivity index (χ2v) is 3.63. The number of allylic oxidation sites excluding steroid dienone is 1. The summed E-state index contributed by atoms with van der Waals surface area (Å²) in [6.45, 7) is 14.5. The third-order valence-electron chi connectivity index (χ3n) is 1.95. The van der Waals surface area contributed by atoms with Crippen LogP contribution in [0.2, 0.25) is 0 Å². The first kappa shape index (κ1) is 19.1. The number of hydrogen-bond acceptors (Lipinski definition) is 3. The largest absolute Gasteiger partial charge is 0.302 e. The fraction of sp³-hybridized carbons (Fsp3) is 0.600. The van der Waals surface area contributed by atoms with E-state index in [9.17, 15) is 0 Å². The molecule has 0 spiro atoms. The van der Waals surface area contributed by atoms with Gasteiger partial charge < -0.3 is 4.90 Å². The van der Waals surface area contributed by atoms with E-state index < -0.39 is 0 Å². The number of rotatable bonds is 4. The van der Waals surface area contributed by atoms with Gasteiger partial charge in [-0.1, -0.05) is 33.8 Å². The molecule has 0 saturated heterocycles. The van der Waals surface area contributed by atoms with E-state index >= 15 is 0 Å². The Balaban J connectivity index is 0. The maximum absolute atomic E-state index is 4.43. The first-order valence-electron chi connectivity index (χ1n) is 6.70. The predicted octanol–water partition coefficient (Wildman–Crippen LogP) is 3.63. The molecule has 0 aliphatic rings. The molecule has 0 unspecified atom stereocenters. The Morgan fingerprint density at radius 1 is 1.22 bits per heavy atom. The highest BCUT2D eigenvalue weighted by Crippen LogP contribution is 2.06. The van der Waals surface area contributed by atoms with Crippen molar-refractivity contribution >= 4 is 0 Å². The van der Waals surface area contributed by atoms with Crippen molar-refractivity contribution in [3.63, 3.8) is 0 Å². The van der Waals surface area contributed by atoms with Crippen LogP contribution in [-0.4, -0.2) is 29.0 Å².